The van der Waals surface area contributed by atoms with E-state index in [0.29, 0.717) is 6.07 Å². The van der Waals surface area contributed by atoms with Gasteiger partial charge in [0.2, 0.25) is 0 Å². The van der Waals surface area contributed by atoms with Crippen molar-refractivity contribution in [1.29, 1.82) is 0 Å². The van der Waals surface area contributed by atoms with Crippen molar-refractivity contribution in [2.75, 3.05) is 13.7 Å². The SMILES string of the molecule is COC(=O)c1nccc(C(F)(F)F)c1OCC(=O)NC1CCCC1. The van der Waals surface area contributed by atoms with Gasteiger partial charge in [0, 0.05) is 12.2 Å². The molecule has 9 heteroatoms. The number of nitrogens with one attached hydrogen (secondary N) is 1. The first-order valence-electron chi connectivity index (χ1n) is 7.39. The zero-order chi connectivity index (χ0) is 17.7. The van der Waals surface area contributed by atoms with Gasteiger partial charge in [-0.05, 0) is 18.9 Å². The van der Waals surface area contributed by atoms with Crippen molar-refractivity contribution in [1.82, 2.24) is 10.3 Å². The van der Waals surface area contributed by atoms with Crippen molar-refractivity contribution in [3.63, 3.8) is 0 Å². The molecule has 0 radical (unpaired) electrons. The fourth-order valence-electron chi connectivity index (χ4n) is 2.54. The Bertz CT molecular complexity index is 613. The summed E-state index contributed by atoms with van der Waals surface area (Å²) in [6.07, 6.45) is -0.262. The van der Waals surface area contributed by atoms with Gasteiger partial charge in [-0.25, -0.2) is 9.78 Å². The second-order valence-corrected chi connectivity index (χ2v) is 5.36. The van der Waals surface area contributed by atoms with Gasteiger partial charge in [-0.3, -0.25) is 4.79 Å². The van der Waals surface area contributed by atoms with Crippen LogP contribution in [0.2, 0.25) is 0 Å². The van der Waals surface area contributed by atoms with Gasteiger partial charge in [0.15, 0.2) is 18.1 Å². The lowest BCUT2D eigenvalue weighted by atomic mass is 10.2. The third kappa shape index (κ3) is 4.36. The quantitative estimate of drug-likeness (QED) is 0.828. The summed E-state index contributed by atoms with van der Waals surface area (Å²) in [5.74, 6) is -2.43. The Morgan fingerprint density at radius 3 is 2.58 bits per heavy atom. The fourth-order valence-corrected chi connectivity index (χ4v) is 2.54. The number of aromatic nitrogens is 1. The van der Waals surface area contributed by atoms with Gasteiger partial charge < -0.3 is 14.8 Å². The van der Waals surface area contributed by atoms with Gasteiger partial charge in [-0.1, -0.05) is 12.8 Å². The molecular formula is C15H17F3N2O4. The Hall–Kier alpha value is -2.32. The van der Waals surface area contributed by atoms with Crippen molar-refractivity contribution in [3.8, 4) is 5.75 Å². The van der Waals surface area contributed by atoms with Gasteiger partial charge in [0.1, 0.15) is 5.56 Å². The van der Waals surface area contributed by atoms with E-state index >= 15 is 0 Å². The number of hydrogen-bond acceptors (Lipinski definition) is 5. The molecule has 1 aliphatic rings. The molecule has 6 nitrogen and oxygen atoms in total. The van der Waals surface area contributed by atoms with Crippen LogP contribution in [0.15, 0.2) is 12.3 Å². The van der Waals surface area contributed by atoms with Crippen LogP contribution in [0, 0.1) is 0 Å². The lowest BCUT2D eigenvalue weighted by Gasteiger charge is -2.17. The van der Waals surface area contributed by atoms with Crippen LogP contribution < -0.4 is 10.1 Å². The number of halogens is 3. The number of alkyl halides is 3. The lowest BCUT2D eigenvalue weighted by molar-refractivity contribution is -0.139. The van der Waals surface area contributed by atoms with Crippen LogP contribution in [0.5, 0.6) is 5.75 Å². The molecule has 0 aliphatic heterocycles. The highest BCUT2D eigenvalue weighted by atomic mass is 19.4. The summed E-state index contributed by atoms with van der Waals surface area (Å²) in [5, 5.41) is 2.69. The minimum absolute atomic E-state index is 0.0113. The van der Waals surface area contributed by atoms with Crippen molar-refractivity contribution >= 4 is 11.9 Å². The third-order valence-corrected chi connectivity index (χ3v) is 3.66. The second-order valence-electron chi connectivity index (χ2n) is 5.36. The molecule has 1 amide bonds. The topological polar surface area (TPSA) is 77.5 Å². The van der Waals surface area contributed by atoms with Gasteiger partial charge in [-0.2, -0.15) is 13.2 Å². The lowest BCUT2D eigenvalue weighted by Crippen LogP contribution is -2.36. The molecule has 0 bridgehead atoms. The van der Waals surface area contributed by atoms with Crippen LogP contribution in [-0.2, 0) is 15.7 Å². The highest BCUT2D eigenvalue weighted by Crippen LogP contribution is 2.37. The predicted octanol–water partition coefficient (Wildman–Crippen LogP) is 2.32. The maximum Gasteiger partial charge on any atom is 0.420 e. The van der Waals surface area contributed by atoms with E-state index in [1.807, 2.05) is 0 Å². The maximum absolute atomic E-state index is 13.1. The van der Waals surface area contributed by atoms with Crippen LogP contribution in [0.4, 0.5) is 13.2 Å². The molecule has 2 rings (SSSR count). The molecule has 0 unspecified atom stereocenters. The van der Waals surface area contributed by atoms with Crippen LogP contribution in [0.25, 0.3) is 0 Å². The van der Waals surface area contributed by atoms with E-state index in [-0.39, 0.29) is 6.04 Å². The molecule has 0 atom stereocenters. The molecular weight excluding hydrogens is 329 g/mol. The summed E-state index contributed by atoms with van der Waals surface area (Å²) < 4.78 is 48.7. The Kier molecular flexibility index (Phi) is 5.63. The van der Waals surface area contributed by atoms with E-state index in [2.05, 4.69) is 15.0 Å². The highest BCUT2D eigenvalue weighted by Gasteiger charge is 2.37. The summed E-state index contributed by atoms with van der Waals surface area (Å²) in [4.78, 5) is 27.0. The van der Waals surface area contributed by atoms with Gasteiger partial charge in [0.25, 0.3) is 5.91 Å². The molecule has 1 aromatic rings. The molecule has 1 saturated carbocycles. The highest BCUT2D eigenvalue weighted by molar-refractivity contribution is 5.91. The number of esters is 1. The Morgan fingerprint density at radius 2 is 2.00 bits per heavy atom. The third-order valence-electron chi connectivity index (χ3n) is 3.66. The minimum Gasteiger partial charge on any atom is -0.481 e. The van der Waals surface area contributed by atoms with E-state index in [1.165, 1.54) is 0 Å². The van der Waals surface area contributed by atoms with Crippen LogP contribution in [0.3, 0.4) is 0 Å². The Balaban J connectivity index is 2.16. The second kappa shape index (κ2) is 7.50. The molecule has 1 aromatic heterocycles. The number of carbonyl (C=O) groups is 2. The van der Waals surface area contributed by atoms with E-state index in [0.717, 1.165) is 39.0 Å². The molecule has 0 spiro atoms. The monoisotopic (exact) mass is 346 g/mol. The molecule has 0 aromatic carbocycles. The molecule has 1 N–H and O–H groups in total. The Labute approximate surface area is 136 Å². The molecule has 132 valence electrons. The van der Waals surface area contributed by atoms with Crippen LogP contribution in [0.1, 0.15) is 41.7 Å². The van der Waals surface area contributed by atoms with Gasteiger partial charge in [-0.15, -0.1) is 0 Å². The molecule has 0 saturated heterocycles. The molecule has 1 aliphatic carbocycles. The fraction of sp³-hybridized carbons (Fsp3) is 0.533. The van der Waals surface area contributed by atoms with Crippen molar-refractivity contribution in [3.05, 3.63) is 23.5 Å². The van der Waals surface area contributed by atoms with Crippen LogP contribution >= 0.6 is 0 Å². The first kappa shape index (κ1) is 18.0. The zero-order valence-electron chi connectivity index (χ0n) is 13.0. The average molecular weight is 346 g/mol. The van der Waals surface area contributed by atoms with Crippen molar-refractivity contribution in [2.45, 2.75) is 37.9 Å². The minimum atomic E-state index is -4.76. The summed E-state index contributed by atoms with van der Waals surface area (Å²) in [5.41, 5.74) is -1.81. The number of methoxy groups -OCH3 is 1. The number of amides is 1. The smallest absolute Gasteiger partial charge is 0.420 e. The van der Waals surface area contributed by atoms with E-state index < -0.39 is 41.7 Å². The summed E-state index contributed by atoms with van der Waals surface area (Å²) in [6.45, 7) is -0.644. The van der Waals surface area contributed by atoms with Crippen molar-refractivity contribution in [2.24, 2.45) is 0 Å². The summed E-state index contributed by atoms with van der Waals surface area (Å²) >= 11 is 0. The van der Waals surface area contributed by atoms with Crippen molar-refractivity contribution < 1.29 is 32.2 Å². The van der Waals surface area contributed by atoms with E-state index in [1.54, 1.807) is 0 Å². The summed E-state index contributed by atoms with van der Waals surface area (Å²) in [6, 6.07) is 0.688. The van der Waals surface area contributed by atoms with Gasteiger partial charge >= 0.3 is 12.1 Å². The average Bonchev–Trinajstić information content (AvgIpc) is 3.03. The first-order valence-corrected chi connectivity index (χ1v) is 7.39. The zero-order valence-corrected chi connectivity index (χ0v) is 13.0. The van der Waals surface area contributed by atoms with E-state index in [4.69, 9.17) is 4.74 Å². The van der Waals surface area contributed by atoms with Gasteiger partial charge in [0.05, 0.1) is 7.11 Å². The number of nitrogens with zero attached hydrogens (tertiary/aromatic N) is 1. The molecule has 1 fully saturated rings. The first-order chi connectivity index (χ1) is 11.3. The number of carbonyl (C=O) groups excluding carboxylic acids is 2. The number of ether oxygens (including phenoxy) is 2. The maximum atomic E-state index is 13.1. The van der Waals surface area contributed by atoms with E-state index in [9.17, 15) is 22.8 Å². The largest absolute Gasteiger partial charge is 0.481 e. The predicted molar refractivity (Wildman–Crippen MR) is 76.5 cm³/mol. The number of rotatable bonds is 5. The Morgan fingerprint density at radius 1 is 1.33 bits per heavy atom. The number of pyridine rings is 1. The van der Waals surface area contributed by atoms with Crippen LogP contribution in [-0.4, -0.2) is 36.6 Å². The normalized spacial score (nSPS) is 15.2. The molecule has 1 heterocycles. The summed E-state index contributed by atoms with van der Waals surface area (Å²) in [7, 11) is 1.01. The standard InChI is InChI=1S/C15H17F3N2O4/c1-23-14(22)12-13(10(6-7-19-12)15(16,17)18)24-8-11(21)20-9-4-2-3-5-9/h6-7,9H,2-5,8H2,1H3,(H,20,21). The number of hydrogen-bond donors (Lipinski definition) is 1. The molecule has 24 heavy (non-hydrogen) atoms.